The van der Waals surface area contributed by atoms with Gasteiger partial charge in [-0.25, -0.2) is 13.6 Å². The van der Waals surface area contributed by atoms with Crippen molar-refractivity contribution < 1.29 is 27.8 Å². The molecule has 0 bridgehead atoms. The van der Waals surface area contributed by atoms with Gasteiger partial charge < -0.3 is 14.8 Å². The predicted molar refractivity (Wildman–Crippen MR) is 77.8 cm³/mol. The molecule has 0 unspecified atom stereocenters. The lowest BCUT2D eigenvalue weighted by Crippen LogP contribution is -2.47. The lowest BCUT2D eigenvalue weighted by Gasteiger charge is -2.32. The van der Waals surface area contributed by atoms with Gasteiger partial charge >= 0.3 is 6.09 Å². The topological polar surface area (TPSA) is 64.6 Å². The Hall–Kier alpha value is -2.02. The van der Waals surface area contributed by atoms with Gasteiger partial charge in [0.25, 0.3) is 0 Å². The van der Waals surface area contributed by atoms with Crippen molar-refractivity contribution in [1.82, 2.24) is 5.32 Å². The summed E-state index contributed by atoms with van der Waals surface area (Å²) in [5.41, 5.74) is -0.762. The van der Waals surface area contributed by atoms with Gasteiger partial charge in [0.05, 0.1) is 6.04 Å². The van der Waals surface area contributed by atoms with Gasteiger partial charge in [-0.3, -0.25) is 4.79 Å². The van der Waals surface area contributed by atoms with Crippen molar-refractivity contribution in [2.45, 2.75) is 44.9 Å². The second-order valence-electron chi connectivity index (χ2n) is 6.39. The molecule has 1 heterocycles. The van der Waals surface area contributed by atoms with Gasteiger partial charge in [-0.15, -0.1) is 0 Å². The van der Waals surface area contributed by atoms with Crippen molar-refractivity contribution in [2.24, 2.45) is 0 Å². The van der Waals surface area contributed by atoms with Gasteiger partial charge in [0, 0.05) is 12.0 Å². The second-order valence-corrected chi connectivity index (χ2v) is 6.39. The molecule has 0 aromatic heterocycles. The summed E-state index contributed by atoms with van der Waals surface area (Å²) in [4.78, 5) is 23.5. The third-order valence-electron chi connectivity index (χ3n) is 3.20. The number of halogens is 2. The van der Waals surface area contributed by atoms with Crippen LogP contribution in [0.3, 0.4) is 0 Å². The van der Waals surface area contributed by atoms with Crippen LogP contribution in [0.1, 0.15) is 38.9 Å². The molecule has 0 aliphatic carbocycles. The monoisotopic (exact) mass is 327 g/mol. The fraction of sp³-hybridized carbons (Fsp3) is 0.500. The summed E-state index contributed by atoms with van der Waals surface area (Å²) in [6, 6.07) is 2.14. The molecule has 126 valence electrons. The summed E-state index contributed by atoms with van der Waals surface area (Å²) < 4.78 is 37.8. The zero-order valence-electron chi connectivity index (χ0n) is 13.2. The van der Waals surface area contributed by atoms with Crippen LogP contribution in [0.5, 0.6) is 0 Å². The van der Waals surface area contributed by atoms with Crippen LogP contribution in [0, 0.1) is 11.6 Å². The van der Waals surface area contributed by atoms with E-state index in [9.17, 15) is 18.4 Å². The first-order valence-corrected chi connectivity index (χ1v) is 7.23. The van der Waals surface area contributed by atoms with Crippen molar-refractivity contribution >= 4 is 11.9 Å². The number of benzene rings is 1. The van der Waals surface area contributed by atoms with Gasteiger partial charge in [-0.05, 0) is 39.0 Å². The number of rotatable bonds is 2. The Morgan fingerprint density at radius 2 is 2.04 bits per heavy atom. The fourth-order valence-corrected chi connectivity index (χ4v) is 2.33. The first-order chi connectivity index (χ1) is 10.7. The molecule has 1 aliphatic rings. The maximum atomic E-state index is 14.0. The highest BCUT2D eigenvalue weighted by Gasteiger charge is 2.35. The van der Waals surface area contributed by atoms with E-state index in [2.05, 4.69) is 5.32 Å². The molecule has 1 aromatic rings. The number of carbonyl (C=O) groups excluding carboxylic acids is 2. The highest BCUT2D eigenvalue weighted by Crippen LogP contribution is 2.30. The molecule has 7 heteroatoms. The largest absolute Gasteiger partial charge is 0.444 e. The minimum atomic E-state index is -0.962. The van der Waals surface area contributed by atoms with Crippen molar-refractivity contribution in [1.29, 1.82) is 0 Å². The van der Waals surface area contributed by atoms with Crippen LogP contribution < -0.4 is 5.32 Å². The maximum Gasteiger partial charge on any atom is 0.407 e. The minimum Gasteiger partial charge on any atom is -0.444 e. The van der Waals surface area contributed by atoms with Crippen LogP contribution in [0.25, 0.3) is 0 Å². The molecular weight excluding hydrogens is 308 g/mol. The summed E-state index contributed by atoms with van der Waals surface area (Å²) in [6.45, 7) is 4.86. The number of amides is 1. The number of hydrogen-bond donors (Lipinski definition) is 1. The molecule has 0 spiro atoms. The Balaban J connectivity index is 2.21. The van der Waals surface area contributed by atoms with Crippen LogP contribution in [0.15, 0.2) is 18.2 Å². The van der Waals surface area contributed by atoms with E-state index in [4.69, 9.17) is 9.47 Å². The third kappa shape index (κ3) is 4.72. The summed E-state index contributed by atoms with van der Waals surface area (Å²) in [6.07, 6.45) is -1.75. The number of alkyl carbamates (subject to hydrolysis) is 1. The zero-order valence-corrected chi connectivity index (χ0v) is 13.2. The van der Waals surface area contributed by atoms with E-state index in [1.54, 1.807) is 20.8 Å². The van der Waals surface area contributed by atoms with E-state index in [1.807, 2.05) is 0 Å². The summed E-state index contributed by atoms with van der Waals surface area (Å²) in [5, 5.41) is 2.50. The summed E-state index contributed by atoms with van der Waals surface area (Å²) in [5.74, 6) is -1.53. The third-order valence-corrected chi connectivity index (χ3v) is 3.20. The lowest BCUT2D eigenvalue weighted by atomic mass is 9.95. The van der Waals surface area contributed by atoms with Gasteiger partial charge in [0.1, 0.15) is 29.9 Å². The smallest absolute Gasteiger partial charge is 0.407 e. The highest BCUT2D eigenvalue weighted by molar-refractivity contribution is 5.82. The highest BCUT2D eigenvalue weighted by atomic mass is 19.1. The second kappa shape index (κ2) is 6.62. The lowest BCUT2D eigenvalue weighted by molar-refractivity contribution is -0.133. The number of hydrogen-bond acceptors (Lipinski definition) is 4. The average Bonchev–Trinajstić information content (AvgIpc) is 2.40. The van der Waals surface area contributed by atoms with E-state index in [-0.39, 0.29) is 24.4 Å². The fourth-order valence-electron chi connectivity index (χ4n) is 2.33. The molecule has 2 atom stereocenters. The summed E-state index contributed by atoms with van der Waals surface area (Å²) >= 11 is 0. The van der Waals surface area contributed by atoms with Crippen molar-refractivity contribution in [3.05, 3.63) is 35.4 Å². The van der Waals surface area contributed by atoms with Crippen LogP contribution in [-0.4, -0.2) is 30.1 Å². The van der Waals surface area contributed by atoms with Crippen LogP contribution in [0.4, 0.5) is 13.6 Å². The van der Waals surface area contributed by atoms with Gasteiger partial charge in [0.2, 0.25) is 0 Å². The van der Waals surface area contributed by atoms with Crippen LogP contribution in [0.2, 0.25) is 0 Å². The normalized spacial score (nSPS) is 21.9. The molecule has 1 aliphatic heterocycles. The number of ether oxygens (including phenoxy) is 2. The standard InChI is InChI=1S/C16H19F2NO4/c1-16(2,3)23-15(21)19-13-7-10(20)8-22-14(13)11-6-9(17)4-5-12(11)18/h4-6,13-14H,7-8H2,1-3H3,(H,19,21)/t13-,14-/m0/s1. The van der Waals surface area contributed by atoms with Gasteiger partial charge in [0.15, 0.2) is 5.78 Å². The van der Waals surface area contributed by atoms with E-state index < -0.39 is 35.5 Å². The zero-order chi connectivity index (χ0) is 17.2. The molecule has 23 heavy (non-hydrogen) atoms. The van der Waals surface area contributed by atoms with E-state index in [0.717, 1.165) is 18.2 Å². The molecule has 1 N–H and O–H groups in total. The molecule has 0 radical (unpaired) electrons. The maximum absolute atomic E-state index is 14.0. The molecule has 5 nitrogen and oxygen atoms in total. The van der Waals surface area contributed by atoms with Crippen molar-refractivity contribution in [3.63, 3.8) is 0 Å². The van der Waals surface area contributed by atoms with Crippen LogP contribution >= 0.6 is 0 Å². The van der Waals surface area contributed by atoms with Gasteiger partial charge in [-0.1, -0.05) is 0 Å². The first kappa shape index (κ1) is 17.3. The Kier molecular flexibility index (Phi) is 4.99. The quantitative estimate of drug-likeness (QED) is 0.907. The van der Waals surface area contributed by atoms with E-state index in [1.165, 1.54) is 0 Å². The Bertz CT molecular complexity index is 613. The molecule has 1 amide bonds. The molecule has 0 saturated carbocycles. The Morgan fingerprint density at radius 3 is 2.70 bits per heavy atom. The number of Topliss-reactive ketones (excluding diaryl/α,β-unsaturated/α-hetero) is 1. The number of carbonyl (C=O) groups is 2. The Labute approximate surface area is 133 Å². The SMILES string of the molecule is CC(C)(C)OC(=O)N[C@H]1CC(=O)CO[C@H]1c1cc(F)ccc1F. The average molecular weight is 327 g/mol. The van der Waals surface area contributed by atoms with Crippen molar-refractivity contribution in [3.8, 4) is 0 Å². The van der Waals surface area contributed by atoms with E-state index >= 15 is 0 Å². The number of nitrogens with one attached hydrogen (secondary N) is 1. The van der Waals surface area contributed by atoms with E-state index in [0.29, 0.717) is 0 Å². The molecule has 1 fully saturated rings. The predicted octanol–water partition coefficient (Wildman–Crippen LogP) is 2.89. The van der Waals surface area contributed by atoms with Crippen LogP contribution in [-0.2, 0) is 14.3 Å². The molecule has 1 saturated heterocycles. The van der Waals surface area contributed by atoms with Gasteiger partial charge in [-0.2, -0.15) is 0 Å². The van der Waals surface area contributed by atoms with Crippen molar-refractivity contribution in [2.75, 3.05) is 6.61 Å². The molecule has 2 rings (SSSR count). The Morgan fingerprint density at radius 1 is 1.35 bits per heavy atom. The summed E-state index contributed by atoms with van der Waals surface area (Å²) in [7, 11) is 0. The molecule has 1 aromatic carbocycles. The first-order valence-electron chi connectivity index (χ1n) is 7.23. The minimum absolute atomic E-state index is 0.0418. The molecular formula is C16H19F2NO4. The number of ketones is 1.